The zero-order chi connectivity index (χ0) is 10.8. The third kappa shape index (κ3) is 2.33. The highest BCUT2D eigenvalue weighted by Gasteiger charge is 2.30. The summed E-state index contributed by atoms with van der Waals surface area (Å²) in [6.45, 7) is 1.51. The Kier molecular flexibility index (Phi) is 3.29. The van der Waals surface area contributed by atoms with Crippen molar-refractivity contribution in [1.29, 1.82) is 0 Å². The predicted molar refractivity (Wildman–Crippen MR) is 60.4 cm³/mol. The first-order valence-corrected chi connectivity index (χ1v) is 6.13. The molecule has 0 amide bonds. The SMILES string of the molecule is O=C(O)C1CCCN1Cc1sccc1Cl. The molecule has 0 saturated carbocycles. The number of halogens is 1. The van der Waals surface area contributed by atoms with Gasteiger partial charge in [0.25, 0.3) is 0 Å². The number of rotatable bonds is 3. The minimum Gasteiger partial charge on any atom is -0.480 e. The molecule has 0 aliphatic carbocycles. The molecule has 0 aromatic carbocycles. The molecule has 1 N–H and O–H groups in total. The van der Waals surface area contributed by atoms with Crippen molar-refractivity contribution in [2.24, 2.45) is 0 Å². The maximum absolute atomic E-state index is 11.0. The molecule has 1 aromatic heterocycles. The molecule has 3 nitrogen and oxygen atoms in total. The van der Waals surface area contributed by atoms with Crippen LogP contribution >= 0.6 is 22.9 Å². The Labute approximate surface area is 97.3 Å². The van der Waals surface area contributed by atoms with E-state index in [1.54, 1.807) is 11.3 Å². The van der Waals surface area contributed by atoms with Gasteiger partial charge in [0, 0.05) is 11.4 Å². The first kappa shape index (κ1) is 10.9. The molecule has 1 aromatic rings. The van der Waals surface area contributed by atoms with Crippen molar-refractivity contribution in [2.75, 3.05) is 6.54 Å². The molecule has 2 heterocycles. The van der Waals surface area contributed by atoms with Crippen LogP contribution in [0.25, 0.3) is 0 Å². The van der Waals surface area contributed by atoms with Gasteiger partial charge in [-0.15, -0.1) is 11.3 Å². The Balaban J connectivity index is 2.06. The molecule has 0 radical (unpaired) electrons. The van der Waals surface area contributed by atoms with E-state index in [9.17, 15) is 4.79 Å². The zero-order valence-corrected chi connectivity index (χ0v) is 9.72. The first-order chi connectivity index (χ1) is 7.18. The van der Waals surface area contributed by atoms with Crippen molar-refractivity contribution < 1.29 is 9.90 Å². The summed E-state index contributed by atoms with van der Waals surface area (Å²) < 4.78 is 0. The van der Waals surface area contributed by atoms with Gasteiger partial charge in [-0.2, -0.15) is 0 Å². The highest BCUT2D eigenvalue weighted by atomic mass is 35.5. The molecule has 5 heteroatoms. The largest absolute Gasteiger partial charge is 0.480 e. The van der Waals surface area contributed by atoms with Crippen molar-refractivity contribution >= 4 is 28.9 Å². The van der Waals surface area contributed by atoms with Crippen molar-refractivity contribution in [2.45, 2.75) is 25.4 Å². The van der Waals surface area contributed by atoms with Gasteiger partial charge in [0.1, 0.15) is 6.04 Å². The van der Waals surface area contributed by atoms with Crippen molar-refractivity contribution in [3.05, 3.63) is 21.3 Å². The Morgan fingerprint density at radius 2 is 2.53 bits per heavy atom. The second kappa shape index (κ2) is 4.51. The second-order valence-electron chi connectivity index (χ2n) is 3.66. The van der Waals surface area contributed by atoms with Crippen LogP contribution in [0, 0.1) is 0 Å². The maximum atomic E-state index is 11.0. The summed E-state index contributed by atoms with van der Waals surface area (Å²) in [5.41, 5.74) is 0. The number of aliphatic carboxylic acids is 1. The Bertz CT molecular complexity index is 366. The summed E-state index contributed by atoms with van der Waals surface area (Å²) in [4.78, 5) is 14.0. The fourth-order valence-corrected chi connectivity index (χ4v) is 3.04. The average molecular weight is 246 g/mol. The topological polar surface area (TPSA) is 40.5 Å². The van der Waals surface area contributed by atoms with Crippen LogP contribution in [-0.2, 0) is 11.3 Å². The highest BCUT2D eigenvalue weighted by Crippen LogP contribution is 2.27. The van der Waals surface area contributed by atoms with Crippen molar-refractivity contribution in [3.63, 3.8) is 0 Å². The normalized spacial score (nSPS) is 22.1. The summed E-state index contributed by atoms with van der Waals surface area (Å²) in [5.74, 6) is -0.722. The van der Waals surface area contributed by atoms with Gasteiger partial charge in [-0.1, -0.05) is 11.6 Å². The lowest BCUT2D eigenvalue weighted by molar-refractivity contribution is -0.142. The molecule has 0 bridgehead atoms. The Morgan fingerprint density at radius 1 is 1.73 bits per heavy atom. The van der Waals surface area contributed by atoms with E-state index in [-0.39, 0.29) is 6.04 Å². The van der Waals surface area contributed by atoms with Gasteiger partial charge in [-0.25, -0.2) is 0 Å². The molecular weight excluding hydrogens is 234 g/mol. The van der Waals surface area contributed by atoms with Crippen molar-refractivity contribution in [3.8, 4) is 0 Å². The van der Waals surface area contributed by atoms with Gasteiger partial charge < -0.3 is 5.11 Å². The van der Waals surface area contributed by atoms with Gasteiger partial charge in [-0.05, 0) is 30.8 Å². The summed E-state index contributed by atoms with van der Waals surface area (Å²) in [7, 11) is 0. The van der Waals surface area contributed by atoms with Crippen LogP contribution in [0.4, 0.5) is 0 Å². The number of carbonyl (C=O) groups is 1. The number of hydrogen-bond donors (Lipinski definition) is 1. The maximum Gasteiger partial charge on any atom is 0.320 e. The molecule has 0 spiro atoms. The van der Waals surface area contributed by atoms with E-state index < -0.39 is 5.97 Å². The van der Waals surface area contributed by atoms with E-state index in [1.807, 2.05) is 16.3 Å². The summed E-state index contributed by atoms with van der Waals surface area (Å²) in [6.07, 6.45) is 1.71. The van der Waals surface area contributed by atoms with E-state index in [0.717, 1.165) is 29.3 Å². The summed E-state index contributed by atoms with van der Waals surface area (Å²) in [6, 6.07) is 1.52. The minimum absolute atomic E-state index is 0.330. The second-order valence-corrected chi connectivity index (χ2v) is 5.07. The summed E-state index contributed by atoms with van der Waals surface area (Å²) >= 11 is 7.57. The molecular formula is C10H12ClNO2S. The molecule has 15 heavy (non-hydrogen) atoms. The summed E-state index contributed by atoms with van der Waals surface area (Å²) in [5, 5.41) is 11.7. The van der Waals surface area contributed by atoms with Gasteiger partial charge in [0.2, 0.25) is 0 Å². The number of hydrogen-bond acceptors (Lipinski definition) is 3. The van der Waals surface area contributed by atoms with Crippen molar-refractivity contribution in [1.82, 2.24) is 4.90 Å². The number of carboxylic acid groups (broad SMARTS) is 1. The van der Waals surface area contributed by atoms with Crippen LogP contribution in [0.2, 0.25) is 5.02 Å². The Hall–Kier alpha value is -0.580. The lowest BCUT2D eigenvalue weighted by atomic mass is 10.2. The van der Waals surface area contributed by atoms with E-state index in [2.05, 4.69) is 0 Å². The van der Waals surface area contributed by atoms with Crippen LogP contribution in [0.15, 0.2) is 11.4 Å². The van der Waals surface area contributed by atoms with Gasteiger partial charge in [0.15, 0.2) is 0 Å². The molecule has 1 aliphatic heterocycles. The monoisotopic (exact) mass is 245 g/mol. The molecule has 2 rings (SSSR count). The van der Waals surface area contributed by atoms with Gasteiger partial charge in [0.05, 0.1) is 5.02 Å². The molecule has 1 fully saturated rings. The Morgan fingerprint density at radius 3 is 3.13 bits per heavy atom. The number of carboxylic acids is 1. The molecule has 1 atom stereocenters. The van der Waals surface area contributed by atoms with Gasteiger partial charge >= 0.3 is 5.97 Å². The van der Waals surface area contributed by atoms with Crippen LogP contribution in [0.1, 0.15) is 17.7 Å². The average Bonchev–Trinajstić information content (AvgIpc) is 2.77. The quantitative estimate of drug-likeness (QED) is 0.889. The van der Waals surface area contributed by atoms with E-state index in [1.165, 1.54) is 0 Å². The predicted octanol–water partition coefficient (Wildman–Crippen LogP) is 2.45. The third-order valence-corrected chi connectivity index (χ3v) is 4.06. The molecule has 82 valence electrons. The molecule has 1 unspecified atom stereocenters. The van der Waals surface area contributed by atoms with Crippen LogP contribution in [0.5, 0.6) is 0 Å². The molecule has 1 aliphatic rings. The van der Waals surface area contributed by atoms with Gasteiger partial charge in [-0.3, -0.25) is 9.69 Å². The number of thiophene rings is 1. The zero-order valence-electron chi connectivity index (χ0n) is 8.15. The highest BCUT2D eigenvalue weighted by molar-refractivity contribution is 7.10. The standard InChI is InChI=1S/C10H12ClNO2S/c11-7-3-5-15-9(7)6-12-4-1-2-8(12)10(13)14/h3,5,8H,1-2,4,6H2,(H,13,14). The lowest BCUT2D eigenvalue weighted by Gasteiger charge is -2.20. The van der Waals surface area contributed by atoms with Crippen LogP contribution in [0.3, 0.4) is 0 Å². The van der Waals surface area contributed by atoms with E-state index in [0.29, 0.717) is 6.54 Å². The van der Waals surface area contributed by atoms with E-state index in [4.69, 9.17) is 16.7 Å². The smallest absolute Gasteiger partial charge is 0.320 e. The minimum atomic E-state index is -0.722. The van der Waals surface area contributed by atoms with Crippen LogP contribution < -0.4 is 0 Å². The van der Waals surface area contributed by atoms with E-state index >= 15 is 0 Å². The lowest BCUT2D eigenvalue weighted by Crippen LogP contribution is -2.35. The number of nitrogens with zero attached hydrogens (tertiary/aromatic N) is 1. The third-order valence-electron chi connectivity index (χ3n) is 2.69. The number of likely N-dealkylation sites (tertiary alicyclic amines) is 1. The first-order valence-electron chi connectivity index (χ1n) is 4.87. The molecule has 1 saturated heterocycles. The fourth-order valence-electron chi connectivity index (χ4n) is 1.92. The fraction of sp³-hybridized carbons (Fsp3) is 0.500. The van der Waals surface area contributed by atoms with Crippen LogP contribution in [-0.4, -0.2) is 28.6 Å².